The van der Waals surface area contributed by atoms with Gasteiger partial charge >= 0.3 is 0 Å². The van der Waals surface area contributed by atoms with Crippen LogP contribution in [-0.4, -0.2) is 10.9 Å². The first-order valence-corrected chi connectivity index (χ1v) is 6.17. The number of rotatable bonds is 2. The average molecular weight is 250 g/mol. The van der Waals surface area contributed by atoms with Crippen LogP contribution < -0.4 is 5.32 Å². The minimum absolute atomic E-state index is 0.0881. The van der Waals surface area contributed by atoms with E-state index in [0.29, 0.717) is 5.56 Å². The lowest BCUT2D eigenvalue weighted by Crippen LogP contribution is -2.11. The number of benzene rings is 2. The third-order valence-corrected chi connectivity index (χ3v) is 3.12. The van der Waals surface area contributed by atoms with E-state index in [2.05, 4.69) is 10.3 Å². The van der Waals surface area contributed by atoms with Crippen molar-refractivity contribution < 1.29 is 4.79 Å². The molecular formula is C16H14N2O. The fourth-order valence-corrected chi connectivity index (χ4v) is 2.04. The number of aromatic nitrogens is 1. The van der Waals surface area contributed by atoms with Gasteiger partial charge in [-0.05, 0) is 43.3 Å². The average Bonchev–Trinajstić information content (AvgIpc) is 2.87. The molecule has 0 saturated carbocycles. The Labute approximate surface area is 111 Å². The number of carbonyl (C=O) groups is 1. The van der Waals surface area contributed by atoms with Gasteiger partial charge in [0.2, 0.25) is 0 Å². The summed E-state index contributed by atoms with van der Waals surface area (Å²) in [5, 5.41) is 3.99. The zero-order valence-electron chi connectivity index (χ0n) is 10.6. The minimum atomic E-state index is -0.0881. The Hall–Kier alpha value is -2.55. The van der Waals surface area contributed by atoms with Gasteiger partial charge in [-0.25, -0.2) is 0 Å². The largest absolute Gasteiger partial charge is 0.361 e. The number of anilines is 1. The molecule has 0 unspecified atom stereocenters. The molecule has 2 N–H and O–H groups in total. The van der Waals surface area contributed by atoms with E-state index in [1.165, 1.54) is 0 Å². The summed E-state index contributed by atoms with van der Waals surface area (Å²) in [6, 6.07) is 15.3. The van der Waals surface area contributed by atoms with Crippen molar-refractivity contribution in [2.24, 2.45) is 0 Å². The molecule has 0 spiro atoms. The first-order chi connectivity index (χ1) is 9.22. The van der Waals surface area contributed by atoms with Crippen LogP contribution in [-0.2, 0) is 0 Å². The number of aromatic amines is 1. The molecule has 1 amide bonds. The third kappa shape index (κ3) is 2.36. The first kappa shape index (κ1) is 11.5. The fourth-order valence-electron chi connectivity index (χ4n) is 2.04. The van der Waals surface area contributed by atoms with Gasteiger partial charge in [-0.2, -0.15) is 0 Å². The Balaban J connectivity index is 1.83. The number of hydrogen-bond donors (Lipinski definition) is 2. The highest BCUT2D eigenvalue weighted by Gasteiger charge is 2.06. The quantitative estimate of drug-likeness (QED) is 0.715. The summed E-state index contributed by atoms with van der Waals surface area (Å²) in [6.45, 7) is 2.00. The molecule has 0 radical (unpaired) electrons. The van der Waals surface area contributed by atoms with Crippen LogP contribution in [0, 0.1) is 6.92 Å². The van der Waals surface area contributed by atoms with Gasteiger partial charge in [0.15, 0.2) is 0 Å². The molecular weight excluding hydrogens is 236 g/mol. The molecule has 0 aliphatic rings. The molecule has 3 aromatic rings. The third-order valence-electron chi connectivity index (χ3n) is 3.12. The summed E-state index contributed by atoms with van der Waals surface area (Å²) in [4.78, 5) is 15.2. The fraction of sp³-hybridized carbons (Fsp3) is 0.0625. The molecule has 2 aromatic carbocycles. The normalized spacial score (nSPS) is 10.6. The van der Waals surface area contributed by atoms with Gasteiger partial charge in [0.25, 0.3) is 5.91 Å². The summed E-state index contributed by atoms with van der Waals surface area (Å²) in [5.41, 5.74) is 3.68. The molecule has 1 aromatic heterocycles. The van der Waals surface area contributed by atoms with Crippen LogP contribution in [0.15, 0.2) is 54.7 Å². The second-order valence-corrected chi connectivity index (χ2v) is 4.60. The summed E-state index contributed by atoms with van der Waals surface area (Å²) < 4.78 is 0. The smallest absolute Gasteiger partial charge is 0.255 e. The molecule has 0 saturated heterocycles. The topological polar surface area (TPSA) is 44.9 Å². The zero-order chi connectivity index (χ0) is 13.2. The van der Waals surface area contributed by atoms with E-state index >= 15 is 0 Å². The highest BCUT2D eigenvalue weighted by molar-refractivity contribution is 6.05. The first-order valence-electron chi connectivity index (χ1n) is 6.17. The van der Waals surface area contributed by atoms with Crippen molar-refractivity contribution >= 4 is 22.5 Å². The standard InChI is InChI=1S/C16H14N2O/c1-11-2-4-12(5-3-11)16(19)18-14-6-7-15-13(10-14)8-9-17-15/h2-10,17H,1H3,(H,18,19). The molecule has 0 aliphatic heterocycles. The summed E-state index contributed by atoms with van der Waals surface area (Å²) in [5.74, 6) is -0.0881. The highest BCUT2D eigenvalue weighted by Crippen LogP contribution is 2.18. The van der Waals surface area contributed by atoms with E-state index in [1.54, 1.807) is 0 Å². The van der Waals surface area contributed by atoms with Crippen molar-refractivity contribution in [3.05, 3.63) is 65.9 Å². The molecule has 0 fully saturated rings. The molecule has 3 rings (SSSR count). The van der Waals surface area contributed by atoms with Crippen molar-refractivity contribution in [1.82, 2.24) is 4.98 Å². The molecule has 0 bridgehead atoms. The number of fused-ring (bicyclic) bond motifs is 1. The Kier molecular flexibility index (Phi) is 2.80. The number of amides is 1. The zero-order valence-corrected chi connectivity index (χ0v) is 10.6. The monoisotopic (exact) mass is 250 g/mol. The number of H-pyrrole nitrogens is 1. The predicted molar refractivity (Wildman–Crippen MR) is 77.4 cm³/mol. The maximum atomic E-state index is 12.1. The van der Waals surface area contributed by atoms with Gasteiger partial charge in [0, 0.05) is 28.4 Å². The van der Waals surface area contributed by atoms with Crippen molar-refractivity contribution in [3.63, 3.8) is 0 Å². The lowest BCUT2D eigenvalue weighted by Gasteiger charge is -2.05. The summed E-state index contributed by atoms with van der Waals surface area (Å²) in [7, 11) is 0. The van der Waals surface area contributed by atoms with Gasteiger partial charge < -0.3 is 10.3 Å². The van der Waals surface area contributed by atoms with Gasteiger partial charge in [0.05, 0.1) is 0 Å². The lowest BCUT2D eigenvalue weighted by molar-refractivity contribution is 0.102. The SMILES string of the molecule is Cc1ccc(C(=O)Nc2ccc3[nH]ccc3c2)cc1. The van der Waals surface area contributed by atoms with Gasteiger partial charge in [-0.3, -0.25) is 4.79 Å². The van der Waals surface area contributed by atoms with Crippen LogP contribution in [0.1, 0.15) is 15.9 Å². The van der Waals surface area contributed by atoms with E-state index in [0.717, 1.165) is 22.2 Å². The number of aryl methyl sites for hydroxylation is 1. The second kappa shape index (κ2) is 4.61. The molecule has 19 heavy (non-hydrogen) atoms. The second-order valence-electron chi connectivity index (χ2n) is 4.60. The van der Waals surface area contributed by atoms with Crippen LogP contribution in [0.3, 0.4) is 0 Å². The van der Waals surface area contributed by atoms with Crippen molar-refractivity contribution in [2.45, 2.75) is 6.92 Å². The van der Waals surface area contributed by atoms with E-state index in [-0.39, 0.29) is 5.91 Å². The van der Waals surface area contributed by atoms with Gasteiger partial charge in [0.1, 0.15) is 0 Å². The minimum Gasteiger partial charge on any atom is -0.361 e. The lowest BCUT2D eigenvalue weighted by atomic mass is 10.1. The molecule has 1 heterocycles. The van der Waals surface area contributed by atoms with E-state index in [9.17, 15) is 4.79 Å². The van der Waals surface area contributed by atoms with E-state index in [1.807, 2.05) is 61.7 Å². The van der Waals surface area contributed by atoms with Crippen molar-refractivity contribution in [1.29, 1.82) is 0 Å². The number of hydrogen-bond acceptors (Lipinski definition) is 1. The summed E-state index contributed by atoms with van der Waals surface area (Å²) in [6.07, 6.45) is 1.89. The Morgan fingerprint density at radius 2 is 1.84 bits per heavy atom. The molecule has 3 nitrogen and oxygen atoms in total. The van der Waals surface area contributed by atoms with Crippen LogP contribution in [0.2, 0.25) is 0 Å². The molecule has 3 heteroatoms. The van der Waals surface area contributed by atoms with Gasteiger partial charge in [-0.15, -0.1) is 0 Å². The molecule has 94 valence electrons. The Morgan fingerprint density at radius 1 is 1.05 bits per heavy atom. The summed E-state index contributed by atoms with van der Waals surface area (Å²) >= 11 is 0. The van der Waals surface area contributed by atoms with Crippen LogP contribution in [0.4, 0.5) is 5.69 Å². The Bertz CT molecular complexity index is 726. The maximum absolute atomic E-state index is 12.1. The highest BCUT2D eigenvalue weighted by atomic mass is 16.1. The van der Waals surface area contributed by atoms with Crippen LogP contribution in [0.5, 0.6) is 0 Å². The maximum Gasteiger partial charge on any atom is 0.255 e. The Morgan fingerprint density at radius 3 is 2.63 bits per heavy atom. The number of carbonyl (C=O) groups excluding carboxylic acids is 1. The van der Waals surface area contributed by atoms with Crippen molar-refractivity contribution in [3.8, 4) is 0 Å². The van der Waals surface area contributed by atoms with E-state index in [4.69, 9.17) is 0 Å². The van der Waals surface area contributed by atoms with Crippen LogP contribution >= 0.6 is 0 Å². The van der Waals surface area contributed by atoms with Crippen LogP contribution in [0.25, 0.3) is 10.9 Å². The van der Waals surface area contributed by atoms with Crippen molar-refractivity contribution in [2.75, 3.05) is 5.32 Å². The molecule has 0 atom stereocenters. The van der Waals surface area contributed by atoms with Gasteiger partial charge in [-0.1, -0.05) is 17.7 Å². The predicted octanol–water partition coefficient (Wildman–Crippen LogP) is 3.73. The van der Waals surface area contributed by atoms with E-state index < -0.39 is 0 Å². The number of nitrogens with one attached hydrogen (secondary N) is 2. The molecule has 0 aliphatic carbocycles.